The number of benzene rings is 1. The standard InChI is InChI=1S/C18H29NS2/c1-6-19-17(18-11-20-14(4)15(5)21-18)10-16-8-7-12(2)13(3)9-16/h7-9,14-15,17-19H,6,10-11H2,1-5H3. The van der Waals surface area contributed by atoms with Crippen molar-refractivity contribution in [3.05, 3.63) is 34.9 Å². The number of aryl methyl sites for hydroxylation is 2. The van der Waals surface area contributed by atoms with Crippen LogP contribution in [0.2, 0.25) is 0 Å². The van der Waals surface area contributed by atoms with Gasteiger partial charge in [0.1, 0.15) is 0 Å². The Morgan fingerprint density at radius 1 is 1.19 bits per heavy atom. The molecule has 0 bridgehead atoms. The third kappa shape index (κ3) is 4.67. The van der Waals surface area contributed by atoms with Crippen LogP contribution in [0.1, 0.15) is 37.5 Å². The van der Waals surface area contributed by atoms with Crippen molar-refractivity contribution >= 4 is 23.5 Å². The SMILES string of the molecule is CCNC(Cc1ccc(C)c(C)c1)C1CSC(C)C(C)S1. The van der Waals surface area contributed by atoms with E-state index < -0.39 is 0 Å². The van der Waals surface area contributed by atoms with Crippen molar-refractivity contribution in [1.29, 1.82) is 0 Å². The van der Waals surface area contributed by atoms with Gasteiger partial charge in [0.25, 0.3) is 0 Å². The Kier molecular flexibility index (Phi) is 6.51. The lowest BCUT2D eigenvalue weighted by atomic mass is 9.99. The Hall–Kier alpha value is -0.120. The van der Waals surface area contributed by atoms with Gasteiger partial charge in [-0.1, -0.05) is 39.0 Å². The average Bonchev–Trinajstić information content (AvgIpc) is 2.45. The number of nitrogens with one attached hydrogen (secondary N) is 1. The Morgan fingerprint density at radius 3 is 2.57 bits per heavy atom. The monoisotopic (exact) mass is 323 g/mol. The quantitative estimate of drug-likeness (QED) is 0.860. The van der Waals surface area contributed by atoms with Gasteiger partial charge in [-0.25, -0.2) is 0 Å². The highest BCUT2D eigenvalue weighted by Gasteiger charge is 2.30. The molecular formula is C18H29NS2. The van der Waals surface area contributed by atoms with Crippen LogP contribution in [0.25, 0.3) is 0 Å². The summed E-state index contributed by atoms with van der Waals surface area (Å²) in [5.41, 5.74) is 4.28. The summed E-state index contributed by atoms with van der Waals surface area (Å²) in [6.45, 7) is 12.4. The summed E-state index contributed by atoms with van der Waals surface area (Å²) in [6.07, 6.45) is 1.15. The van der Waals surface area contributed by atoms with E-state index in [2.05, 4.69) is 81.7 Å². The van der Waals surface area contributed by atoms with Crippen LogP contribution in [-0.2, 0) is 6.42 Å². The first-order valence-electron chi connectivity index (χ1n) is 8.07. The smallest absolute Gasteiger partial charge is 0.0298 e. The molecule has 118 valence electrons. The predicted octanol–water partition coefficient (Wildman–Crippen LogP) is 4.45. The van der Waals surface area contributed by atoms with Crippen LogP contribution in [0.3, 0.4) is 0 Å². The maximum atomic E-state index is 3.74. The fraction of sp³-hybridized carbons (Fsp3) is 0.667. The second kappa shape index (κ2) is 7.94. The van der Waals surface area contributed by atoms with Gasteiger partial charge in [-0.05, 0) is 43.5 Å². The molecule has 4 unspecified atom stereocenters. The van der Waals surface area contributed by atoms with Crippen molar-refractivity contribution in [2.75, 3.05) is 12.3 Å². The largest absolute Gasteiger partial charge is 0.313 e. The average molecular weight is 324 g/mol. The third-order valence-corrected chi connectivity index (χ3v) is 8.07. The predicted molar refractivity (Wildman–Crippen MR) is 99.8 cm³/mol. The summed E-state index contributed by atoms with van der Waals surface area (Å²) in [5, 5.41) is 6.01. The fourth-order valence-electron chi connectivity index (χ4n) is 2.80. The van der Waals surface area contributed by atoms with Gasteiger partial charge in [-0.2, -0.15) is 23.5 Å². The van der Waals surface area contributed by atoms with Crippen LogP contribution in [0.15, 0.2) is 18.2 Å². The van der Waals surface area contributed by atoms with E-state index in [0.717, 1.165) is 28.7 Å². The van der Waals surface area contributed by atoms with E-state index in [1.807, 2.05) is 0 Å². The molecule has 0 aliphatic carbocycles. The van der Waals surface area contributed by atoms with Crippen LogP contribution in [0, 0.1) is 13.8 Å². The maximum absolute atomic E-state index is 3.74. The summed E-state index contributed by atoms with van der Waals surface area (Å²) < 4.78 is 0. The van der Waals surface area contributed by atoms with Crippen LogP contribution >= 0.6 is 23.5 Å². The molecule has 0 radical (unpaired) electrons. The molecule has 1 heterocycles. The second-order valence-corrected chi connectivity index (χ2v) is 9.24. The molecule has 1 saturated heterocycles. The molecule has 21 heavy (non-hydrogen) atoms. The highest BCUT2D eigenvalue weighted by atomic mass is 32.2. The molecule has 2 rings (SSSR count). The van der Waals surface area contributed by atoms with Crippen molar-refractivity contribution in [2.45, 2.75) is 62.8 Å². The molecule has 0 aromatic heterocycles. The molecular weight excluding hydrogens is 294 g/mol. The van der Waals surface area contributed by atoms with Gasteiger partial charge in [0.05, 0.1) is 0 Å². The van der Waals surface area contributed by atoms with E-state index in [9.17, 15) is 0 Å². The zero-order valence-corrected chi connectivity index (χ0v) is 15.6. The Balaban J connectivity index is 2.06. The summed E-state index contributed by atoms with van der Waals surface area (Å²) in [6, 6.07) is 7.52. The van der Waals surface area contributed by atoms with E-state index in [1.165, 1.54) is 22.4 Å². The summed E-state index contributed by atoms with van der Waals surface area (Å²) in [7, 11) is 0. The molecule has 0 saturated carbocycles. The molecule has 0 amide bonds. The van der Waals surface area contributed by atoms with Crippen molar-refractivity contribution in [3.63, 3.8) is 0 Å². The van der Waals surface area contributed by atoms with Gasteiger partial charge in [-0.3, -0.25) is 0 Å². The highest BCUT2D eigenvalue weighted by molar-refractivity contribution is 8.07. The molecule has 1 aromatic carbocycles. The zero-order chi connectivity index (χ0) is 15.4. The summed E-state index contributed by atoms with van der Waals surface area (Å²) in [5.74, 6) is 1.28. The minimum Gasteiger partial charge on any atom is -0.313 e. The number of rotatable bonds is 5. The molecule has 1 aliphatic rings. The number of thioether (sulfide) groups is 2. The molecule has 1 fully saturated rings. The molecule has 4 atom stereocenters. The van der Waals surface area contributed by atoms with E-state index >= 15 is 0 Å². The maximum Gasteiger partial charge on any atom is 0.0298 e. The van der Waals surface area contributed by atoms with Crippen LogP contribution in [-0.4, -0.2) is 34.1 Å². The van der Waals surface area contributed by atoms with Crippen LogP contribution < -0.4 is 5.32 Å². The molecule has 1 N–H and O–H groups in total. The lowest BCUT2D eigenvalue weighted by molar-refractivity contribution is 0.520. The van der Waals surface area contributed by atoms with Crippen LogP contribution in [0.5, 0.6) is 0 Å². The first-order valence-corrected chi connectivity index (χ1v) is 10.1. The highest BCUT2D eigenvalue weighted by Crippen LogP contribution is 2.37. The fourth-order valence-corrected chi connectivity index (χ4v) is 5.93. The van der Waals surface area contributed by atoms with Crippen molar-refractivity contribution in [3.8, 4) is 0 Å². The first-order chi connectivity index (χ1) is 10.0. The van der Waals surface area contributed by atoms with E-state index in [0.29, 0.717) is 6.04 Å². The lowest BCUT2D eigenvalue weighted by Crippen LogP contribution is -2.44. The zero-order valence-electron chi connectivity index (χ0n) is 14.0. The topological polar surface area (TPSA) is 12.0 Å². The van der Waals surface area contributed by atoms with Gasteiger partial charge in [-0.15, -0.1) is 0 Å². The number of hydrogen-bond donors (Lipinski definition) is 1. The molecule has 3 heteroatoms. The van der Waals surface area contributed by atoms with Gasteiger partial charge in [0.2, 0.25) is 0 Å². The van der Waals surface area contributed by atoms with Gasteiger partial charge in [0.15, 0.2) is 0 Å². The van der Waals surface area contributed by atoms with Crippen molar-refractivity contribution in [2.24, 2.45) is 0 Å². The third-order valence-electron chi connectivity index (χ3n) is 4.52. The Labute approximate surface area is 139 Å². The van der Waals surface area contributed by atoms with Crippen LogP contribution in [0.4, 0.5) is 0 Å². The molecule has 1 nitrogen and oxygen atoms in total. The lowest BCUT2D eigenvalue weighted by Gasteiger charge is -2.36. The molecule has 1 aromatic rings. The van der Waals surface area contributed by atoms with Crippen molar-refractivity contribution in [1.82, 2.24) is 5.32 Å². The number of hydrogen-bond acceptors (Lipinski definition) is 3. The molecule has 0 spiro atoms. The van der Waals surface area contributed by atoms with Gasteiger partial charge in [0, 0.05) is 27.5 Å². The van der Waals surface area contributed by atoms with Crippen molar-refractivity contribution < 1.29 is 0 Å². The second-order valence-electron chi connectivity index (χ2n) is 6.21. The normalized spacial score (nSPS) is 27.6. The van der Waals surface area contributed by atoms with E-state index in [-0.39, 0.29) is 0 Å². The Morgan fingerprint density at radius 2 is 1.95 bits per heavy atom. The van der Waals surface area contributed by atoms with Gasteiger partial charge < -0.3 is 5.32 Å². The first kappa shape index (κ1) is 17.2. The minimum atomic E-state index is 0.588. The Bertz CT molecular complexity index is 461. The summed E-state index contributed by atoms with van der Waals surface area (Å²) >= 11 is 4.33. The van der Waals surface area contributed by atoms with Gasteiger partial charge >= 0.3 is 0 Å². The summed E-state index contributed by atoms with van der Waals surface area (Å²) in [4.78, 5) is 0. The number of likely N-dealkylation sites (N-methyl/N-ethyl adjacent to an activating group) is 1. The van der Waals surface area contributed by atoms with E-state index in [1.54, 1.807) is 0 Å². The minimum absolute atomic E-state index is 0.588. The van der Waals surface area contributed by atoms with E-state index in [4.69, 9.17) is 0 Å². The molecule has 1 aliphatic heterocycles.